The highest BCUT2D eigenvalue weighted by Crippen LogP contribution is 2.26. The Labute approximate surface area is 52.6 Å². The molecule has 0 saturated heterocycles. The minimum atomic E-state index is 0.796. The highest BCUT2D eigenvalue weighted by Gasteiger charge is 2.24. The van der Waals surface area contributed by atoms with E-state index in [0.717, 1.165) is 10.9 Å². The summed E-state index contributed by atoms with van der Waals surface area (Å²) in [6.07, 6.45) is 2.60. The molecule has 0 heterocycles. The fourth-order valence-corrected chi connectivity index (χ4v) is 1.69. The lowest BCUT2D eigenvalue weighted by Crippen LogP contribution is -2.39. The molecule has 2 heteroatoms. The minimum Gasteiger partial charge on any atom is -0.317 e. The molecule has 0 aliphatic heterocycles. The molecule has 42 valence electrons. The maximum absolute atomic E-state index is 3.50. The van der Waals surface area contributed by atoms with E-state index < -0.39 is 0 Å². The van der Waals surface area contributed by atoms with Gasteiger partial charge in [-0.25, -0.2) is 0 Å². The summed E-state index contributed by atoms with van der Waals surface area (Å²) >= 11 is 3.50. The summed E-state index contributed by atoms with van der Waals surface area (Å²) in [5, 5.41) is 3.20. The second-order valence-electron chi connectivity index (χ2n) is 2.05. The zero-order valence-electron chi connectivity index (χ0n) is 4.45. The van der Waals surface area contributed by atoms with Gasteiger partial charge in [0, 0.05) is 10.9 Å². The highest BCUT2D eigenvalue weighted by atomic mass is 79.9. The first-order valence-corrected chi connectivity index (χ1v) is 3.56. The Bertz CT molecular complexity index is 59.1. The van der Waals surface area contributed by atoms with Crippen LogP contribution in [0.2, 0.25) is 0 Å². The van der Waals surface area contributed by atoms with E-state index in [1.54, 1.807) is 0 Å². The number of rotatable bonds is 1. The summed E-state index contributed by atoms with van der Waals surface area (Å²) in [6, 6.07) is 0.796. The minimum absolute atomic E-state index is 0.796. The molecule has 1 aliphatic rings. The number of nitrogens with one attached hydrogen (secondary N) is 1. The average Bonchev–Trinajstić information content (AvgIpc) is 1.58. The molecule has 1 nitrogen and oxygen atoms in total. The molecule has 1 fully saturated rings. The van der Waals surface area contributed by atoms with Crippen molar-refractivity contribution in [1.82, 2.24) is 5.32 Å². The number of hydrogen-bond acceptors (Lipinski definition) is 1. The van der Waals surface area contributed by atoms with Crippen molar-refractivity contribution in [3.8, 4) is 0 Å². The van der Waals surface area contributed by atoms with E-state index in [1.807, 2.05) is 7.05 Å². The summed E-state index contributed by atoms with van der Waals surface area (Å²) in [5.41, 5.74) is 0. The van der Waals surface area contributed by atoms with Crippen molar-refractivity contribution in [2.45, 2.75) is 23.7 Å². The lowest BCUT2D eigenvalue weighted by molar-refractivity contribution is 0.379. The molecule has 0 radical (unpaired) electrons. The Morgan fingerprint density at radius 1 is 1.57 bits per heavy atom. The van der Waals surface area contributed by atoms with E-state index in [9.17, 15) is 0 Å². The van der Waals surface area contributed by atoms with Gasteiger partial charge >= 0.3 is 0 Å². The first-order valence-electron chi connectivity index (χ1n) is 2.64. The van der Waals surface area contributed by atoms with Crippen LogP contribution in [0.3, 0.4) is 0 Å². The monoisotopic (exact) mass is 163 g/mol. The lowest BCUT2D eigenvalue weighted by Gasteiger charge is -2.30. The Kier molecular flexibility index (Phi) is 1.70. The highest BCUT2D eigenvalue weighted by molar-refractivity contribution is 9.09. The molecular weight excluding hydrogens is 154 g/mol. The fraction of sp³-hybridized carbons (Fsp3) is 1.00. The molecule has 0 aromatic carbocycles. The Hall–Kier alpha value is 0.440. The van der Waals surface area contributed by atoms with Crippen LogP contribution in [0.4, 0.5) is 0 Å². The normalized spacial score (nSPS) is 40.3. The predicted molar refractivity (Wildman–Crippen MR) is 34.8 cm³/mol. The predicted octanol–water partition coefficient (Wildman–Crippen LogP) is 1.13. The van der Waals surface area contributed by atoms with Crippen LogP contribution < -0.4 is 5.32 Å². The molecule has 0 aromatic heterocycles. The van der Waals surface area contributed by atoms with Crippen LogP contribution in [0.5, 0.6) is 0 Å². The zero-order chi connectivity index (χ0) is 5.28. The van der Waals surface area contributed by atoms with Gasteiger partial charge in [0.25, 0.3) is 0 Å². The van der Waals surface area contributed by atoms with Crippen LogP contribution in [-0.4, -0.2) is 17.9 Å². The second-order valence-corrected chi connectivity index (χ2v) is 3.35. The summed E-state index contributed by atoms with van der Waals surface area (Å²) in [5.74, 6) is 0. The molecule has 0 bridgehead atoms. The molecule has 0 amide bonds. The van der Waals surface area contributed by atoms with E-state index in [-0.39, 0.29) is 0 Å². The average molecular weight is 164 g/mol. The van der Waals surface area contributed by atoms with Gasteiger partial charge < -0.3 is 5.32 Å². The summed E-state index contributed by atoms with van der Waals surface area (Å²) in [4.78, 5) is 0.796. The van der Waals surface area contributed by atoms with Gasteiger partial charge in [-0.2, -0.15) is 0 Å². The van der Waals surface area contributed by atoms with E-state index in [2.05, 4.69) is 21.2 Å². The van der Waals surface area contributed by atoms with E-state index >= 15 is 0 Å². The Morgan fingerprint density at radius 2 is 2.14 bits per heavy atom. The Morgan fingerprint density at radius 3 is 2.29 bits per heavy atom. The van der Waals surface area contributed by atoms with Crippen molar-refractivity contribution in [1.29, 1.82) is 0 Å². The van der Waals surface area contributed by atoms with Crippen LogP contribution >= 0.6 is 15.9 Å². The topological polar surface area (TPSA) is 12.0 Å². The van der Waals surface area contributed by atoms with Crippen LogP contribution in [-0.2, 0) is 0 Å². The van der Waals surface area contributed by atoms with E-state index in [4.69, 9.17) is 0 Å². The van der Waals surface area contributed by atoms with Crippen LogP contribution in [0, 0.1) is 0 Å². The number of alkyl halides is 1. The van der Waals surface area contributed by atoms with Gasteiger partial charge in [0.15, 0.2) is 0 Å². The molecule has 1 N–H and O–H groups in total. The smallest absolute Gasteiger partial charge is 0.0175 e. The second kappa shape index (κ2) is 2.14. The first-order chi connectivity index (χ1) is 3.33. The van der Waals surface area contributed by atoms with E-state index in [0.29, 0.717) is 0 Å². The maximum atomic E-state index is 3.50. The van der Waals surface area contributed by atoms with Crippen LogP contribution in [0.1, 0.15) is 12.8 Å². The van der Waals surface area contributed by atoms with Gasteiger partial charge in [0.05, 0.1) is 0 Å². The quantitative estimate of drug-likeness (QED) is 0.573. The van der Waals surface area contributed by atoms with Gasteiger partial charge in [0.2, 0.25) is 0 Å². The Balaban J connectivity index is 2.06. The van der Waals surface area contributed by atoms with Crippen LogP contribution in [0.15, 0.2) is 0 Å². The van der Waals surface area contributed by atoms with Gasteiger partial charge in [0.1, 0.15) is 0 Å². The molecular formula is C5H10BrN. The summed E-state index contributed by atoms with van der Waals surface area (Å²) < 4.78 is 0. The van der Waals surface area contributed by atoms with Gasteiger partial charge in [-0.15, -0.1) is 0 Å². The molecule has 0 atom stereocenters. The number of halogens is 1. The largest absolute Gasteiger partial charge is 0.317 e. The first kappa shape index (κ1) is 5.57. The molecule has 0 aromatic rings. The maximum Gasteiger partial charge on any atom is 0.0175 e. The molecule has 1 aliphatic carbocycles. The molecule has 1 saturated carbocycles. The van der Waals surface area contributed by atoms with Gasteiger partial charge in [-0.3, -0.25) is 0 Å². The standard InChI is InChI=1S/C5H10BrN/c1-7-5-2-4(6)3-5/h4-5,7H,2-3H2,1H3. The van der Waals surface area contributed by atoms with Gasteiger partial charge in [-0.05, 0) is 19.9 Å². The molecule has 1 rings (SSSR count). The SMILES string of the molecule is CNC1CC(Br)C1. The van der Waals surface area contributed by atoms with Gasteiger partial charge in [-0.1, -0.05) is 15.9 Å². The molecule has 0 spiro atoms. The lowest BCUT2D eigenvalue weighted by atomic mass is 9.93. The summed E-state index contributed by atoms with van der Waals surface area (Å²) in [6.45, 7) is 0. The van der Waals surface area contributed by atoms with Crippen molar-refractivity contribution in [3.63, 3.8) is 0 Å². The summed E-state index contributed by atoms with van der Waals surface area (Å²) in [7, 11) is 2.02. The van der Waals surface area contributed by atoms with Crippen molar-refractivity contribution in [2.24, 2.45) is 0 Å². The third kappa shape index (κ3) is 1.16. The van der Waals surface area contributed by atoms with Crippen molar-refractivity contribution in [2.75, 3.05) is 7.05 Å². The zero-order valence-corrected chi connectivity index (χ0v) is 6.03. The third-order valence-electron chi connectivity index (χ3n) is 1.49. The fourth-order valence-electron chi connectivity index (χ4n) is 0.784. The van der Waals surface area contributed by atoms with Crippen molar-refractivity contribution < 1.29 is 0 Å². The van der Waals surface area contributed by atoms with Crippen molar-refractivity contribution >= 4 is 15.9 Å². The third-order valence-corrected chi connectivity index (χ3v) is 2.24. The number of hydrogen-bond donors (Lipinski definition) is 1. The molecule has 7 heavy (non-hydrogen) atoms. The van der Waals surface area contributed by atoms with Crippen molar-refractivity contribution in [3.05, 3.63) is 0 Å². The molecule has 0 unspecified atom stereocenters. The van der Waals surface area contributed by atoms with E-state index in [1.165, 1.54) is 12.8 Å². The van der Waals surface area contributed by atoms with Crippen LogP contribution in [0.25, 0.3) is 0 Å².